The Hall–Kier alpha value is -0.790. The number of rotatable bonds is 4. The molecule has 52 valence electrons. The summed E-state index contributed by atoms with van der Waals surface area (Å²) in [6.07, 6.45) is 4.59. The zero-order valence-electron chi connectivity index (χ0n) is 6.17. The quantitative estimate of drug-likeness (QED) is 0.414. The standard InChI is InChI=1S/C7H14N2/c1-4-7-9(6-3)8-5-2/h5-6H,3-4,7H2,1-2H3/b8-5-. The molecule has 0 rings (SSSR count). The van der Waals surface area contributed by atoms with Gasteiger partial charge in [0.1, 0.15) is 0 Å². The van der Waals surface area contributed by atoms with Crippen LogP contribution in [0.2, 0.25) is 0 Å². The molecule has 0 saturated heterocycles. The second kappa shape index (κ2) is 5.35. The Kier molecular flexibility index (Phi) is 4.88. The van der Waals surface area contributed by atoms with Crippen LogP contribution in [-0.4, -0.2) is 17.8 Å². The molecule has 0 atom stereocenters. The fourth-order valence-electron chi connectivity index (χ4n) is 0.574. The van der Waals surface area contributed by atoms with Crippen molar-refractivity contribution in [1.82, 2.24) is 5.01 Å². The summed E-state index contributed by atoms with van der Waals surface area (Å²) in [6, 6.07) is 0. The normalized spacial score (nSPS) is 10.0. The molecule has 0 aliphatic rings. The third-order valence-corrected chi connectivity index (χ3v) is 0.927. The summed E-state index contributed by atoms with van der Waals surface area (Å²) >= 11 is 0. The number of hydrazone groups is 1. The van der Waals surface area contributed by atoms with Crippen molar-refractivity contribution in [3.8, 4) is 0 Å². The van der Waals surface area contributed by atoms with Gasteiger partial charge in [-0.05, 0) is 13.3 Å². The van der Waals surface area contributed by atoms with E-state index in [1.807, 2.05) is 11.9 Å². The molecule has 0 spiro atoms. The third-order valence-electron chi connectivity index (χ3n) is 0.927. The van der Waals surface area contributed by atoms with Crippen LogP contribution < -0.4 is 0 Å². The fraction of sp³-hybridized carbons (Fsp3) is 0.571. The molecular weight excluding hydrogens is 112 g/mol. The Morgan fingerprint density at radius 1 is 1.67 bits per heavy atom. The van der Waals surface area contributed by atoms with Gasteiger partial charge in [-0.1, -0.05) is 13.5 Å². The highest BCUT2D eigenvalue weighted by Crippen LogP contribution is 1.90. The van der Waals surface area contributed by atoms with Gasteiger partial charge in [0.05, 0.1) is 0 Å². The third kappa shape index (κ3) is 3.76. The van der Waals surface area contributed by atoms with E-state index in [4.69, 9.17) is 0 Å². The predicted molar refractivity (Wildman–Crippen MR) is 41.4 cm³/mol. The van der Waals surface area contributed by atoms with Gasteiger partial charge in [0, 0.05) is 19.0 Å². The van der Waals surface area contributed by atoms with Gasteiger partial charge in [-0.25, -0.2) is 0 Å². The first-order valence-corrected chi connectivity index (χ1v) is 3.23. The maximum absolute atomic E-state index is 4.02. The molecule has 2 heteroatoms. The van der Waals surface area contributed by atoms with Gasteiger partial charge in [-0.3, -0.25) is 5.01 Å². The monoisotopic (exact) mass is 126 g/mol. The van der Waals surface area contributed by atoms with Crippen molar-refractivity contribution < 1.29 is 0 Å². The van der Waals surface area contributed by atoms with Crippen LogP contribution in [0.3, 0.4) is 0 Å². The Balaban J connectivity index is 3.53. The summed E-state index contributed by atoms with van der Waals surface area (Å²) in [7, 11) is 0. The minimum Gasteiger partial charge on any atom is -0.274 e. The van der Waals surface area contributed by atoms with Crippen LogP contribution in [0.25, 0.3) is 0 Å². The van der Waals surface area contributed by atoms with E-state index in [0.717, 1.165) is 13.0 Å². The molecule has 0 aliphatic heterocycles. The topological polar surface area (TPSA) is 15.6 Å². The summed E-state index contributed by atoms with van der Waals surface area (Å²) < 4.78 is 0. The van der Waals surface area contributed by atoms with E-state index in [0.29, 0.717) is 0 Å². The van der Waals surface area contributed by atoms with E-state index >= 15 is 0 Å². The van der Waals surface area contributed by atoms with Gasteiger partial charge in [-0.15, -0.1) is 0 Å². The number of nitrogens with zero attached hydrogens (tertiary/aromatic N) is 2. The van der Waals surface area contributed by atoms with E-state index in [2.05, 4.69) is 18.6 Å². The molecule has 2 nitrogen and oxygen atoms in total. The van der Waals surface area contributed by atoms with Gasteiger partial charge < -0.3 is 0 Å². The van der Waals surface area contributed by atoms with Crippen molar-refractivity contribution in [2.45, 2.75) is 20.3 Å². The van der Waals surface area contributed by atoms with Gasteiger partial charge >= 0.3 is 0 Å². The van der Waals surface area contributed by atoms with Crippen LogP contribution in [0.5, 0.6) is 0 Å². The van der Waals surface area contributed by atoms with Gasteiger partial charge in [0.2, 0.25) is 0 Å². The highest BCUT2D eigenvalue weighted by Gasteiger charge is 1.87. The second-order valence-electron chi connectivity index (χ2n) is 1.72. The van der Waals surface area contributed by atoms with E-state index in [9.17, 15) is 0 Å². The minimum atomic E-state index is 0.952. The molecule has 0 amide bonds. The molecule has 0 aliphatic carbocycles. The van der Waals surface area contributed by atoms with Crippen molar-refractivity contribution in [1.29, 1.82) is 0 Å². The maximum atomic E-state index is 4.02. The first kappa shape index (κ1) is 8.21. The van der Waals surface area contributed by atoms with E-state index in [1.54, 1.807) is 12.4 Å². The predicted octanol–water partition coefficient (Wildman–Crippen LogP) is 1.85. The van der Waals surface area contributed by atoms with Crippen LogP contribution in [0, 0.1) is 0 Å². The van der Waals surface area contributed by atoms with Crippen molar-refractivity contribution in [3.05, 3.63) is 12.8 Å². The van der Waals surface area contributed by atoms with Crippen LogP contribution in [0.4, 0.5) is 0 Å². The molecule has 0 aromatic heterocycles. The average molecular weight is 126 g/mol. The van der Waals surface area contributed by atoms with Gasteiger partial charge in [0.25, 0.3) is 0 Å². The molecule has 0 heterocycles. The molecule has 0 fully saturated rings. The average Bonchev–Trinajstić information content (AvgIpc) is 1.88. The molecule has 0 unspecified atom stereocenters. The molecule has 0 aromatic rings. The Bertz CT molecular complexity index is 97.1. The lowest BCUT2D eigenvalue weighted by molar-refractivity contribution is 0.401. The summed E-state index contributed by atoms with van der Waals surface area (Å²) in [4.78, 5) is 0. The summed E-state index contributed by atoms with van der Waals surface area (Å²) in [5, 5.41) is 5.84. The molecule has 0 radical (unpaired) electrons. The lowest BCUT2D eigenvalue weighted by Crippen LogP contribution is -2.09. The first-order valence-electron chi connectivity index (χ1n) is 3.23. The van der Waals surface area contributed by atoms with E-state index < -0.39 is 0 Å². The van der Waals surface area contributed by atoms with Crippen molar-refractivity contribution in [2.24, 2.45) is 5.10 Å². The first-order chi connectivity index (χ1) is 4.35. The second-order valence-corrected chi connectivity index (χ2v) is 1.72. The smallest absolute Gasteiger partial charge is 0.0406 e. The molecule has 9 heavy (non-hydrogen) atoms. The zero-order valence-corrected chi connectivity index (χ0v) is 6.17. The van der Waals surface area contributed by atoms with Crippen molar-refractivity contribution in [3.63, 3.8) is 0 Å². The largest absolute Gasteiger partial charge is 0.274 e. The molecule has 0 aromatic carbocycles. The summed E-state index contributed by atoms with van der Waals surface area (Å²) in [6.45, 7) is 8.57. The van der Waals surface area contributed by atoms with Gasteiger partial charge in [-0.2, -0.15) is 5.10 Å². The molecule has 0 saturated carbocycles. The minimum absolute atomic E-state index is 0.952. The lowest BCUT2D eigenvalue weighted by Gasteiger charge is -2.10. The van der Waals surface area contributed by atoms with Gasteiger partial charge in [0.15, 0.2) is 0 Å². The molecule has 0 bridgehead atoms. The Morgan fingerprint density at radius 2 is 2.33 bits per heavy atom. The Morgan fingerprint density at radius 3 is 2.67 bits per heavy atom. The summed E-state index contributed by atoms with van der Waals surface area (Å²) in [5.74, 6) is 0. The van der Waals surface area contributed by atoms with Crippen LogP contribution in [0.1, 0.15) is 20.3 Å². The number of hydrogen-bond acceptors (Lipinski definition) is 2. The maximum Gasteiger partial charge on any atom is 0.0406 e. The Labute approximate surface area is 56.9 Å². The van der Waals surface area contributed by atoms with Crippen molar-refractivity contribution in [2.75, 3.05) is 6.54 Å². The number of hydrogen-bond donors (Lipinski definition) is 0. The highest BCUT2D eigenvalue weighted by molar-refractivity contribution is 5.52. The van der Waals surface area contributed by atoms with Crippen LogP contribution >= 0.6 is 0 Å². The molecule has 0 N–H and O–H groups in total. The van der Waals surface area contributed by atoms with E-state index in [1.165, 1.54) is 0 Å². The highest BCUT2D eigenvalue weighted by atomic mass is 15.4. The summed E-state index contributed by atoms with van der Waals surface area (Å²) in [5.41, 5.74) is 0. The van der Waals surface area contributed by atoms with Crippen LogP contribution in [-0.2, 0) is 0 Å². The van der Waals surface area contributed by atoms with Crippen molar-refractivity contribution >= 4 is 6.21 Å². The van der Waals surface area contributed by atoms with Crippen LogP contribution in [0.15, 0.2) is 17.9 Å². The fourth-order valence-corrected chi connectivity index (χ4v) is 0.574. The molecular formula is C7H14N2. The zero-order chi connectivity index (χ0) is 7.11. The SMILES string of the molecule is C=CN(CCC)/N=C\C. The lowest BCUT2D eigenvalue weighted by atomic mass is 10.5. The van der Waals surface area contributed by atoms with E-state index in [-0.39, 0.29) is 0 Å².